The third-order valence-electron chi connectivity index (χ3n) is 0.357. The van der Waals surface area contributed by atoms with Crippen molar-refractivity contribution in [2.75, 3.05) is 0 Å². The van der Waals surface area contributed by atoms with Crippen LogP contribution in [0.2, 0.25) is 0 Å². The van der Waals surface area contributed by atoms with Crippen LogP contribution in [-0.4, -0.2) is 49.6 Å². The first-order chi connectivity index (χ1) is 2.64. The molecule has 1 atom stereocenters. The normalized spacial score (nSPS) is 11.7. The summed E-state index contributed by atoms with van der Waals surface area (Å²) < 4.78 is 0. The number of hydrogen-bond acceptors (Lipinski definition) is 2. The molecule has 7 heavy (non-hydrogen) atoms. The Balaban J connectivity index is 0. The second kappa shape index (κ2) is 4.51. The Labute approximate surface area is 61.5 Å². The van der Waals surface area contributed by atoms with Crippen molar-refractivity contribution in [1.82, 2.24) is 0 Å². The molecule has 0 aromatic rings. The van der Waals surface area contributed by atoms with Gasteiger partial charge in [-0.1, -0.05) is 0 Å². The van der Waals surface area contributed by atoms with Gasteiger partial charge in [0.05, 0.1) is 0 Å². The molecule has 2 radical (unpaired) electrons. The third-order valence-corrected chi connectivity index (χ3v) is 0.357. The zero-order valence-electron chi connectivity index (χ0n) is 4.09. The van der Waals surface area contributed by atoms with Crippen molar-refractivity contribution in [2.24, 2.45) is 0 Å². The molecule has 4 heteroatoms. The number of aliphatic hydroxyl groups is 1. The molecule has 0 bridgehead atoms. The molecule has 0 aromatic heterocycles. The molecule has 42 valence electrons. The van der Waals surface area contributed by atoms with E-state index in [9.17, 15) is 4.79 Å². The fourth-order valence-corrected chi connectivity index (χ4v) is 0. The SMILES string of the molecule is CC(O)C(=O)O.[PbH2]. The van der Waals surface area contributed by atoms with Crippen LogP contribution in [0.4, 0.5) is 0 Å². The van der Waals surface area contributed by atoms with Crippen LogP contribution < -0.4 is 0 Å². The molecule has 0 saturated carbocycles. The number of aliphatic carboxylic acids is 1. The van der Waals surface area contributed by atoms with Crippen molar-refractivity contribution in [3.63, 3.8) is 0 Å². The van der Waals surface area contributed by atoms with Gasteiger partial charge in [0.2, 0.25) is 0 Å². The minimum absolute atomic E-state index is 0. The second-order valence-electron chi connectivity index (χ2n) is 1.01. The zero-order valence-corrected chi connectivity index (χ0v) is 9.58. The quantitative estimate of drug-likeness (QED) is 0.582. The summed E-state index contributed by atoms with van der Waals surface area (Å²) in [5.41, 5.74) is 0. The van der Waals surface area contributed by atoms with Gasteiger partial charge in [0.15, 0.2) is 0 Å². The number of hydrogen-bond donors (Lipinski definition) is 2. The molecule has 0 aliphatic rings. The summed E-state index contributed by atoms with van der Waals surface area (Å²) in [5, 5.41) is 15.8. The van der Waals surface area contributed by atoms with Gasteiger partial charge in [0.1, 0.15) is 6.10 Å². The fraction of sp³-hybridized carbons (Fsp3) is 0.667. The third kappa shape index (κ3) is 6.35. The van der Waals surface area contributed by atoms with Crippen LogP contribution in [0.15, 0.2) is 0 Å². The van der Waals surface area contributed by atoms with Crippen LogP contribution in [0.25, 0.3) is 0 Å². The number of carboxylic acids is 1. The van der Waals surface area contributed by atoms with Crippen LogP contribution in [0, 0.1) is 0 Å². The number of carboxylic acid groups (broad SMARTS) is 1. The summed E-state index contributed by atoms with van der Waals surface area (Å²) in [7, 11) is 0. The molecule has 0 heterocycles. The minimum atomic E-state index is -1.23. The summed E-state index contributed by atoms with van der Waals surface area (Å²) in [4.78, 5) is 9.45. The average Bonchev–Trinajstić information content (AvgIpc) is 1.36. The molecule has 0 amide bonds. The first-order valence-corrected chi connectivity index (χ1v) is 1.55. The standard InChI is InChI=1S/C3H6O3.Pb.2H/c1-2(4)3(5)6;;;/h2,4H,1H3,(H,5,6);;;. The Kier molecular flexibility index (Phi) is 6.67. The van der Waals surface area contributed by atoms with Gasteiger partial charge < -0.3 is 10.2 Å². The molecular weight excluding hydrogens is 291 g/mol. The van der Waals surface area contributed by atoms with Crippen molar-refractivity contribution in [3.8, 4) is 0 Å². The van der Waals surface area contributed by atoms with Crippen molar-refractivity contribution in [2.45, 2.75) is 13.0 Å². The van der Waals surface area contributed by atoms with E-state index in [2.05, 4.69) is 0 Å². The monoisotopic (exact) mass is 300 g/mol. The van der Waals surface area contributed by atoms with Crippen molar-refractivity contribution >= 4 is 33.3 Å². The fourth-order valence-electron chi connectivity index (χ4n) is 0. The summed E-state index contributed by atoms with van der Waals surface area (Å²) in [6.07, 6.45) is -1.23. The summed E-state index contributed by atoms with van der Waals surface area (Å²) in [6.45, 7) is 1.20. The van der Waals surface area contributed by atoms with Crippen LogP contribution in [0.3, 0.4) is 0 Å². The van der Waals surface area contributed by atoms with Crippen molar-refractivity contribution < 1.29 is 15.0 Å². The molecule has 0 aromatic carbocycles. The summed E-state index contributed by atoms with van der Waals surface area (Å²) in [6, 6.07) is 0. The zero-order chi connectivity index (χ0) is 5.15. The Morgan fingerprint density at radius 1 is 1.71 bits per heavy atom. The van der Waals surface area contributed by atoms with Crippen molar-refractivity contribution in [3.05, 3.63) is 0 Å². The van der Waals surface area contributed by atoms with E-state index < -0.39 is 12.1 Å². The van der Waals surface area contributed by atoms with Gasteiger partial charge in [-0.3, -0.25) is 0 Å². The first-order valence-electron chi connectivity index (χ1n) is 1.55. The average molecular weight is 299 g/mol. The van der Waals surface area contributed by atoms with Gasteiger partial charge in [-0.2, -0.15) is 0 Å². The van der Waals surface area contributed by atoms with E-state index in [-0.39, 0.29) is 27.3 Å². The van der Waals surface area contributed by atoms with Gasteiger partial charge in [0, 0.05) is 0 Å². The maximum atomic E-state index is 9.45. The Morgan fingerprint density at radius 3 is 1.86 bits per heavy atom. The summed E-state index contributed by atoms with van der Waals surface area (Å²) in [5.74, 6) is -1.19. The van der Waals surface area contributed by atoms with E-state index in [1.165, 1.54) is 6.92 Å². The number of rotatable bonds is 1. The van der Waals surface area contributed by atoms with Crippen molar-refractivity contribution in [1.29, 1.82) is 0 Å². The summed E-state index contributed by atoms with van der Waals surface area (Å²) >= 11 is 0. The number of carbonyl (C=O) groups is 1. The molecule has 0 spiro atoms. The van der Waals surface area contributed by atoms with Gasteiger partial charge in [-0.25, -0.2) is 4.79 Å². The Bertz CT molecular complexity index is 61.2. The molecule has 2 N–H and O–H groups in total. The topological polar surface area (TPSA) is 57.5 Å². The molecule has 0 fully saturated rings. The van der Waals surface area contributed by atoms with Gasteiger partial charge in [-0.05, 0) is 6.92 Å². The van der Waals surface area contributed by atoms with E-state index >= 15 is 0 Å². The van der Waals surface area contributed by atoms with Crippen LogP contribution in [-0.2, 0) is 4.79 Å². The van der Waals surface area contributed by atoms with E-state index in [4.69, 9.17) is 10.2 Å². The predicted molar refractivity (Wildman–Crippen MR) is 27.9 cm³/mol. The van der Waals surface area contributed by atoms with Gasteiger partial charge in [-0.15, -0.1) is 0 Å². The second-order valence-corrected chi connectivity index (χ2v) is 1.01. The molecule has 3 nitrogen and oxygen atoms in total. The van der Waals surface area contributed by atoms with Crippen LogP contribution >= 0.6 is 0 Å². The molecular formula is C3H8O3Pb. The van der Waals surface area contributed by atoms with Crippen LogP contribution in [0.5, 0.6) is 0 Å². The van der Waals surface area contributed by atoms with Gasteiger partial charge >= 0.3 is 33.3 Å². The van der Waals surface area contributed by atoms with E-state index in [1.54, 1.807) is 0 Å². The molecule has 0 saturated heterocycles. The molecule has 0 aliphatic heterocycles. The van der Waals surface area contributed by atoms with E-state index in [0.29, 0.717) is 0 Å². The molecule has 1 unspecified atom stereocenters. The Hall–Kier alpha value is 0.352. The number of aliphatic hydroxyl groups excluding tert-OH is 1. The first kappa shape index (κ1) is 10.4. The Morgan fingerprint density at radius 2 is 1.86 bits per heavy atom. The molecule has 0 aliphatic carbocycles. The predicted octanol–water partition coefficient (Wildman–Crippen LogP) is -1.46. The van der Waals surface area contributed by atoms with Crippen LogP contribution in [0.1, 0.15) is 6.92 Å². The van der Waals surface area contributed by atoms with E-state index in [1.807, 2.05) is 0 Å². The van der Waals surface area contributed by atoms with Gasteiger partial charge in [0.25, 0.3) is 0 Å². The molecule has 0 rings (SSSR count). The maximum absolute atomic E-state index is 9.45. The van der Waals surface area contributed by atoms with E-state index in [0.717, 1.165) is 0 Å².